The summed E-state index contributed by atoms with van der Waals surface area (Å²) in [6, 6.07) is 10.1. The van der Waals surface area contributed by atoms with Gasteiger partial charge in [0.05, 0.1) is 19.1 Å². The monoisotopic (exact) mass is 385 g/mol. The average molecular weight is 385 g/mol. The molecule has 0 unspecified atom stereocenters. The van der Waals surface area contributed by atoms with E-state index in [2.05, 4.69) is 29.5 Å². The summed E-state index contributed by atoms with van der Waals surface area (Å²) in [5.74, 6) is 0.121. The topological polar surface area (TPSA) is 80.2 Å². The molecule has 1 N–H and O–H groups in total. The third kappa shape index (κ3) is 3.90. The highest BCUT2D eigenvalue weighted by Gasteiger charge is 2.48. The Balaban J connectivity index is 1.27. The molecule has 3 aliphatic heterocycles. The van der Waals surface area contributed by atoms with Crippen LogP contribution in [0, 0.1) is 5.92 Å². The molecule has 1 spiro atoms. The number of carbonyl (C=O) groups is 2. The molecule has 7 heteroatoms. The number of ether oxygens (including phenoxy) is 1. The van der Waals surface area contributed by atoms with E-state index in [0.29, 0.717) is 51.4 Å². The van der Waals surface area contributed by atoms with Crippen LogP contribution < -0.4 is 5.32 Å². The van der Waals surface area contributed by atoms with Gasteiger partial charge in [0, 0.05) is 32.5 Å². The Morgan fingerprint density at radius 2 is 2.18 bits per heavy atom. The summed E-state index contributed by atoms with van der Waals surface area (Å²) in [4.78, 5) is 32.6. The molecule has 0 radical (unpaired) electrons. The van der Waals surface area contributed by atoms with Crippen molar-refractivity contribution in [3.05, 3.63) is 35.9 Å². The first-order valence-electron chi connectivity index (χ1n) is 10.0. The van der Waals surface area contributed by atoms with Crippen LogP contribution in [0.25, 0.3) is 0 Å². The Bertz CT molecular complexity index is 760. The summed E-state index contributed by atoms with van der Waals surface area (Å²) in [6.07, 6.45) is 1.93. The zero-order chi connectivity index (χ0) is 19.6. The van der Waals surface area contributed by atoms with E-state index in [1.54, 1.807) is 0 Å². The maximum absolute atomic E-state index is 12.6. The second kappa shape index (κ2) is 7.91. The number of amides is 2. The van der Waals surface area contributed by atoms with E-state index in [9.17, 15) is 9.59 Å². The first-order chi connectivity index (χ1) is 13.6. The molecule has 1 aromatic rings. The van der Waals surface area contributed by atoms with Gasteiger partial charge in [0.25, 0.3) is 5.91 Å². The van der Waals surface area contributed by atoms with E-state index in [1.165, 1.54) is 5.56 Å². The molecule has 7 nitrogen and oxygen atoms in total. The zero-order valence-electron chi connectivity index (χ0n) is 16.2. The molecule has 0 bridgehead atoms. The number of hydrogen-bond donors (Lipinski definition) is 1. The fourth-order valence-electron chi connectivity index (χ4n) is 4.13. The largest absolute Gasteiger partial charge is 0.386 e. The summed E-state index contributed by atoms with van der Waals surface area (Å²) >= 11 is 0. The maximum atomic E-state index is 12.6. The number of likely N-dealkylation sites (tertiary alicyclic amines) is 1. The van der Waals surface area contributed by atoms with Crippen molar-refractivity contribution in [2.75, 3.05) is 32.8 Å². The van der Waals surface area contributed by atoms with Gasteiger partial charge in [-0.1, -0.05) is 42.4 Å². The molecule has 4 rings (SSSR count). The summed E-state index contributed by atoms with van der Waals surface area (Å²) in [5, 5.41) is 7.02. The Kier molecular flexibility index (Phi) is 5.35. The molecular weight excluding hydrogens is 358 g/mol. The lowest BCUT2D eigenvalue weighted by Crippen LogP contribution is -2.40. The molecule has 2 fully saturated rings. The lowest BCUT2D eigenvalue weighted by molar-refractivity contribution is -0.135. The van der Waals surface area contributed by atoms with Gasteiger partial charge in [0.1, 0.15) is 5.71 Å². The van der Waals surface area contributed by atoms with E-state index in [1.807, 2.05) is 23.1 Å². The van der Waals surface area contributed by atoms with Gasteiger partial charge in [-0.15, -0.1) is 0 Å². The Labute approximate surface area is 165 Å². The zero-order valence-corrected chi connectivity index (χ0v) is 16.2. The summed E-state index contributed by atoms with van der Waals surface area (Å²) in [5.41, 5.74) is 1.05. The van der Waals surface area contributed by atoms with Crippen LogP contribution in [0.5, 0.6) is 0 Å². The van der Waals surface area contributed by atoms with E-state index in [4.69, 9.17) is 9.57 Å². The number of rotatable bonds is 5. The first-order valence-corrected chi connectivity index (χ1v) is 10.0. The van der Waals surface area contributed by atoms with E-state index < -0.39 is 5.60 Å². The minimum atomic E-state index is -0.549. The van der Waals surface area contributed by atoms with Crippen molar-refractivity contribution in [2.45, 2.75) is 37.7 Å². The number of nitrogens with zero attached hydrogens (tertiary/aromatic N) is 2. The second-order valence-electron chi connectivity index (χ2n) is 8.08. The van der Waals surface area contributed by atoms with Crippen LogP contribution in [0.1, 0.15) is 37.7 Å². The summed E-state index contributed by atoms with van der Waals surface area (Å²) < 4.78 is 5.33. The number of nitrogens with one attached hydrogen (secondary N) is 1. The molecule has 3 aliphatic rings. The molecule has 1 aromatic carbocycles. The molecule has 3 heterocycles. The van der Waals surface area contributed by atoms with Crippen LogP contribution in [0.3, 0.4) is 0 Å². The van der Waals surface area contributed by atoms with Crippen LogP contribution in [-0.4, -0.2) is 60.9 Å². The standard InChI is InChI=1S/C21H27N3O4/c1-15(16-5-3-2-4-6-16)12-22-19(25)18-11-21(28-23-18)8-9-24(14-21)20(26)17-7-10-27-13-17/h2-6,15,17H,7-14H2,1H3,(H,22,25)/t15-,17-,21-/m1/s1. The summed E-state index contributed by atoms with van der Waals surface area (Å²) in [7, 11) is 0. The number of hydrogen-bond acceptors (Lipinski definition) is 5. The number of benzene rings is 1. The highest BCUT2D eigenvalue weighted by Crippen LogP contribution is 2.35. The van der Waals surface area contributed by atoms with E-state index >= 15 is 0 Å². The fraction of sp³-hybridized carbons (Fsp3) is 0.571. The van der Waals surface area contributed by atoms with E-state index in [-0.39, 0.29) is 23.7 Å². The summed E-state index contributed by atoms with van der Waals surface area (Å²) in [6.45, 7) is 4.92. The third-order valence-electron chi connectivity index (χ3n) is 5.95. The Morgan fingerprint density at radius 3 is 2.93 bits per heavy atom. The fourth-order valence-corrected chi connectivity index (χ4v) is 4.13. The Hall–Kier alpha value is -2.41. The molecule has 0 aliphatic carbocycles. The van der Waals surface area contributed by atoms with Crippen LogP contribution in [-0.2, 0) is 19.2 Å². The van der Waals surface area contributed by atoms with Gasteiger partial charge in [-0.05, 0) is 17.9 Å². The van der Waals surface area contributed by atoms with Gasteiger partial charge < -0.3 is 19.8 Å². The quantitative estimate of drug-likeness (QED) is 0.836. The normalized spacial score (nSPS) is 27.5. The van der Waals surface area contributed by atoms with Crippen molar-refractivity contribution in [2.24, 2.45) is 11.1 Å². The minimum Gasteiger partial charge on any atom is -0.386 e. The van der Waals surface area contributed by atoms with Crippen LogP contribution in [0.15, 0.2) is 35.5 Å². The molecule has 0 aromatic heterocycles. The third-order valence-corrected chi connectivity index (χ3v) is 5.95. The lowest BCUT2D eigenvalue weighted by atomic mass is 9.96. The smallest absolute Gasteiger partial charge is 0.269 e. The molecular formula is C21H27N3O4. The van der Waals surface area contributed by atoms with Crippen molar-refractivity contribution in [1.82, 2.24) is 10.2 Å². The van der Waals surface area contributed by atoms with Crippen LogP contribution in [0.4, 0.5) is 0 Å². The molecule has 150 valence electrons. The molecule has 28 heavy (non-hydrogen) atoms. The molecule has 2 amide bonds. The van der Waals surface area contributed by atoms with Gasteiger partial charge in [-0.25, -0.2) is 0 Å². The number of carbonyl (C=O) groups excluding carboxylic acids is 2. The van der Waals surface area contributed by atoms with Crippen molar-refractivity contribution < 1.29 is 19.2 Å². The predicted octanol–water partition coefficient (Wildman–Crippen LogP) is 1.69. The Morgan fingerprint density at radius 1 is 1.36 bits per heavy atom. The maximum Gasteiger partial charge on any atom is 0.269 e. The molecule has 2 saturated heterocycles. The van der Waals surface area contributed by atoms with Crippen molar-refractivity contribution >= 4 is 17.5 Å². The van der Waals surface area contributed by atoms with Gasteiger partial charge in [-0.3, -0.25) is 9.59 Å². The predicted molar refractivity (Wildman–Crippen MR) is 104 cm³/mol. The van der Waals surface area contributed by atoms with E-state index in [0.717, 1.165) is 6.42 Å². The van der Waals surface area contributed by atoms with Crippen LogP contribution in [0.2, 0.25) is 0 Å². The van der Waals surface area contributed by atoms with Crippen molar-refractivity contribution in [3.8, 4) is 0 Å². The highest BCUT2D eigenvalue weighted by atomic mass is 16.7. The lowest BCUT2D eigenvalue weighted by Gasteiger charge is -2.23. The highest BCUT2D eigenvalue weighted by molar-refractivity contribution is 6.39. The SMILES string of the molecule is C[C@H](CNC(=O)C1=NO[C@]2(CCN(C(=O)[C@@H]3CCOC3)C2)C1)c1ccccc1. The van der Waals surface area contributed by atoms with Crippen molar-refractivity contribution in [3.63, 3.8) is 0 Å². The van der Waals surface area contributed by atoms with Crippen molar-refractivity contribution in [1.29, 1.82) is 0 Å². The molecule has 0 saturated carbocycles. The van der Waals surface area contributed by atoms with Gasteiger partial charge in [0.15, 0.2) is 5.60 Å². The molecule has 3 atom stereocenters. The minimum absolute atomic E-state index is 0.0419. The second-order valence-corrected chi connectivity index (χ2v) is 8.08. The first kappa shape index (κ1) is 18.9. The average Bonchev–Trinajstić information content (AvgIpc) is 3.48. The number of oxime groups is 1. The van der Waals surface area contributed by atoms with Crippen LogP contribution >= 0.6 is 0 Å². The van der Waals surface area contributed by atoms with Gasteiger partial charge >= 0.3 is 0 Å². The van der Waals surface area contributed by atoms with Gasteiger partial charge in [-0.2, -0.15) is 0 Å². The van der Waals surface area contributed by atoms with Gasteiger partial charge in [0.2, 0.25) is 5.91 Å².